The van der Waals surface area contributed by atoms with E-state index in [2.05, 4.69) is 16.5 Å². The van der Waals surface area contributed by atoms with Crippen LogP contribution in [0.1, 0.15) is 41.5 Å². The average molecular weight is 445 g/mol. The van der Waals surface area contributed by atoms with E-state index >= 15 is 0 Å². The molecule has 2 aliphatic heterocycles. The van der Waals surface area contributed by atoms with Gasteiger partial charge in [-0.1, -0.05) is 18.2 Å². The number of fused-ring (bicyclic) bond motifs is 1. The molecule has 1 fully saturated rings. The molecule has 1 unspecified atom stereocenters. The molecular formula is C22H28N4O4S. The molecular weight excluding hydrogens is 416 g/mol. The zero-order chi connectivity index (χ0) is 22.0. The number of methoxy groups -OCH3 is 1. The summed E-state index contributed by atoms with van der Waals surface area (Å²) in [5.41, 5.74) is 2.42. The summed E-state index contributed by atoms with van der Waals surface area (Å²) < 4.78 is 31.8. The van der Waals surface area contributed by atoms with Gasteiger partial charge in [-0.3, -0.25) is 9.69 Å². The van der Waals surface area contributed by atoms with Gasteiger partial charge in [-0.15, -0.1) is 6.58 Å². The zero-order valence-corrected chi connectivity index (χ0v) is 18.5. The van der Waals surface area contributed by atoms with Crippen molar-refractivity contribution in [1.82, 2.24) is 19.2 Å². The molecule has 1 saturated heterocycles. The first-order valence-corrected chi connectivity index (χ1v) is 12.1. The van der Waals surface area contributed by atoms with Crippen LogP contribution in [-0.2, 0) is 29.5 Å². The van der Waals surface area contributed by atoms with Crippen LogP contribution in [-0.4, -0.2) is 53.5 Å². The number of rotatable bonds is 7. The number of aromatic amines is 1. The number of hydrogen-bond donors (Lipinski definition) is 1. The van der Waals surface area contributed by atoms with E-state index in [1.165, 1.54) is 10.4 Å². The van der Waals surface area contributed by atoms with Crippen molar-refractivity contribution in [2.45, 2.75) is 38.4 Å². The third-order valence-electron chi connectivity index (χ3n) is 5.94. The maximum Gasteiger partial charge on any atom is 0.255 e. The van der Waals surface area contributed by atoms with Crippen molar-refractivity contribution >= 4 is 10.0 Å². The highest BCUT2D eigenvalue weighted by Gasteiger charge is 2.36. The molecule has 1 aromatic carbocycles. The Morgan fingerprint density at radius 3 is 2.77 bits per heavy atom. The zero-order valence-electron chi connectivity index (χ0n) is 17.7. The van der Waals surface area contributed by atoms with Gasteiger partial charge in [0.15, 0.2) is 0 Å². The molecule has 4 rings (SSSR count). The molecule has 2 aromatic rings. The summed E-state index contributed by atoms with van der Waals surface area (Å²) in [4.78, 5) is 22.7. The molecule has 2 aliphatic rings. The third kappa shape index (κ3) is 4.58. The number of nitrogens with zero attached hydrogens (tertiary/aromatic N) is 3. The highest BCUT2D eigenvalue weighted by Crippen LogP contribution is 2.33. The standard InChI is InChI=1S/C22H28N4O4S/c1-3-13-31(28,29)26-11-4-5-20(26)21-23-19-10-12-25(15-18(19)22(27)24-21)14-16-6-8-17(30-2)9-7-16/h3,6-9,20H,1,4-5,10-15H2,2H3,(H,23,24,27). The van der Waals surface area contributed by atoms with E-state index in [-0.39, 0.29) is 11.3 Å². The van der Waals surface area contributed by atoms with Gasteiger partial charge >= 0.3 is 0 Å². The van der Waals surface area contributed by atoms with Crippen LogP contribution in [0.3, 0.4) is 0 Å². The lowest BCUT2D eigenvalue weighted by Crippen LogP contribution is -2.38. The van der Waals surface area contributed by atoms with Crippen molar-refractivity contribution < 1.29 is 13.2 Å². The minimum atomic E-state index is -3.45. The van der Waals surface area contributed by atoms with E-state index in [0.29, 0.717) is 37.3 Å². The molecule has 31 heavy (non-hydrogen) atoms. The van der Waals surface area contributed by atoms with Gasteiger partial charge < -0.3 is 9.72 Å². The number of nitrogens with one attached hydrogen (secondary N) is 1. The highest BCUT2D eigenvalue weighted by atomic mass is 32.2. The van der Waals surface area contributed by atoms with Gasteiger partial charge in [0, 0.05) is 32.6 Å². The Morgan fingerprint density at radius 2 is 2.06 bits per heavy atom. The van der Waals surface area contributed by atoms with E-state index < -0.39 is 16.1 Å². The predicted octanol–water partition coefficient (Wildman–Crippen LogP) is 1.99. The fourth-order valence-corrected chi connectivity index (χ4v) is 5.86. The second-order valence-corrected chi connectivity index (χ2v) is 9.99. The number of aromatic nitrogens is 2. The number of benzene rings is 1. The summed E-state index contributed by atoms with van der Waals surface area (Å²) in [6.45, 7) is 6.03. The number of H-pyrrole nitrogens is 1. The quantitative estimate of drug-likeness (QED) is 0.656. The number of ether oxygens (including phenoxy) is 1. The highest BCUT2D eigenvalue weighted by molar-refractivity contribution is 7.89. The fraction of sp³-hybridized carbons (Fsp3) is 0.455. The minimum absolute atomic E-state index is 0.112. The van der Waals surface area contributed by atoms with Gasteiger partial charge in [-0.05, 0) is 30.5 Å². The van der Waals surface area contributed by atoms with E-state index in [1.54, 1.807) is 7.11 Å². The van der Waals surface area contributed by atoms with Gasteiger partial charge in [0.05, 0.1) is 30.2 Å². The van der Waals surface area contributed by atoms with Crippen LogP contribution < -0.4 is 10.3 Å². The first-order chi connectivity index (χ1) is 14.9. The second-order valence-electron chi connectivity index (χ2n) is 8.02. The Morgan fingerprint density at radius 1 is 1.29 bits per heavy atom. The van der Waals surface area contributed by atoms with E-state index in [0.717, 1.165) is 36.5 Å². The molecule has 1 aromatic heterocycles. The predicted molar refractivity (Wildman–Crippen MR) is 118 cm³/mol. The summed E-state index contributed by atoms with van der Waals surface area (Å²) in [6.07, 6.45) is 3.46. The summed E-state index contributed by atoms with van der Waals surface area (Å²) in [5, 5.41) is 0. The molecule has 0 spiro atoms. The molecule has 166 valence electrons. The van der Waals surface area contributed by atoms with Crippen molar-refractivity contribution in [2.24, 2.45) is 0 Å². The van der Waals surface area contributed by atoms with Crippen molar-refractivity contribution in [1.29, 1.82) is 0 Å². The van der Waals surface area contributed by atoms with Crippen molar-refractivity contribution in [2.75, 3.05) is 26.0 Å². The maximum absolute atomic E-state index is 12.9. The smallest absolute Gasteiger partial charge is 0.255 e. The molecule has 9 heteroatoms. The molecule has 0 saturated carbocycles. The van der Waals surface area contributed by atoms with Crippen LogP contribution in [0.4, 0.5) is 0 Å². The Labute approximate surface area is 182 Å². The summed E-state index contributed by atoms with van der Waals surface area (Å²) in [5.74, 6) is 1.16. The molecule has 0 amide bonds. The molecule has 0 bridgehead atoms. The van der Waals surface area contributed by atoms with Crippen LogP contribution in [0.5, 0.6) is 5.75 Å². The lowest BCUT2D eigenvalue weighted by atomic mass is 10.1. The molecule has 1 N–H and O–H groups in total. The molecule has 0 radical (unpaired) electrons. The Kier molecular flexibility index (Phi) is 6.27. The van der Waals surface area contributed by atoms with Gasteiger partial charge in [-0.25, -0.2) is 13.4 Å². The maximum atomic E-state index is 12.9. The Balaban J connectivity index is 1.53. The van der Waals surface area contributed by atoms with Gasteiger partial charge in [0.1, 0.15) is 11.6 Å². The summed E-state index contributed by atoms with van der Waals surface area (Å²) in [7, 11) is -1.81. The minimum Gasteiger partial charge on any atom is -0.497 e. The topological polar surface area (TPSA) is 95.6 Å². The summed E-state index contributed by atoms with van der Waals surface area (Å²) >= 11 is 0. The lowest BCUT2D eigenvalue weighted by molar-refractivity contribution is 0.240. The normalized spacial score (nSPS) is 19.8. The molecule has 1 atom stereocenters. The Bertz CT molecular complexity index is 1110. The number of sulfonamides is 1. The van der Waals surface area contributed by atoms with Gasteiger partial charge in [0.25, 0.3) is 5.56 Å². The van der Waals surface area contributed by atoms with Crippen LogP contribution in [0.25, 0.3) is 0 Å². The molecule has 3 heterocycles. The first kappa shape index (κ1) is 21.7. The van der Waals surface area contributed by atoms with Crippen molar-refractivity contribution in [3.63, 3.8) is 0 Å². The summed E-state index contributed by atoms with van der Waals surface area (Å²) in [6, 6.07) is 7.50. The van der Waals surface area contributed by atoms with Crippen molar-refractivity contribution in [3.8, 4) is 5.75 Å². The Hall–Kier alpha value is -2.49. The molecule has 0 aliphatic carbocycles. The molecule has 8 nitrogen and oxygen atoms in total. The SMILES string of the molecule is C=CCS(=O)(=O)N1CCCC1c1nc2c(c(=O)[nH]1)CN(Cc1ccc(OC)cc1)CC2. The van der Waals surface area contributed by atoms with Crippen LogP contribution in [0, 0.1) is 0 Å². The second kappa shape index (κ2) is 8.94. The largest absolute Gasteiger partial charge is 0.497 e. The third-order valence-corrected chi connectivity index (χ3v) is 7.74. The van der Waals surface area contributed by atoms with E-state index in [1.807, 2.05) is 24.3 Å². The number of hydrogen-bond acceptors (Lipinski definition) is 6. The fourth-order valence-electron chi connectivity index (χ4n) is 4.37. The van der Waals surface area contributed by atoms with E-state index in [4.69, 9.17) is 9.72 Å². The first-order valence-electron chi connectivity index (χ1n) is 10.5. The van der Waals surface area contributed by atoms with Crippen LogP contribution in [0.2, 0.25) is 0 Å². The van der Waals surface area contributed by atoms with E-state index in [9.17, 15) is 13.2 Å². The van der Waals surface area contributed by atoms with Gasteiger partial charge in [-0.2, -0.15) is 4.31 Å². The van der Waals surface area contributed by atoms with Gasteiger partial charge in [0.2, 0.25) is 10.0 Å². The van der Waals surface area contributed by atoms with Crippen LogP contribution in [0.15, 0.2) is 41.7 Å². The average Bonchev–Trinajstić information content (AvgIpc) is 3.26. The monoisotopic (exact) mass is 444 g/mol. The van der Waals surface area contributed by atoms with Crippen LogP contribution >= 0.6 is 0 Å². The lowest BCUT2D eigenvalue weighted by Gasteiger charge is -2.29. The van der Waals surface area contributed by atoms with Crippen molar-refractivity contribution in [3.05, 3.63) is 69.9 Å².